The molecule has 1 saturated heterocycles. The summed E-state index contributed by atoms with van der Waals surface area (Å²) < 4.78 is 40.7. The van der Waals surface area contributed by atoms with Crippen molar-refractivity contribution in [3.05, 3.63) is 29.8 Å². The van der Waals surface area contributed by atoms with Gasteiger partial charge in [-0.1, -0.05) is 13.8 Å². The number of alkyl halides is 2. The van der Waals surface area contributed by atoms with Crippen molar-refractivity contribution in [2.75, 3.05) is 19.8 Å². The molecule has 1 N–H and O–H groups in total. The first-order chi connectivity index (χ1) is 11.5. The van der Waals surface area contributed by atoms with Crippen molar-refractivity contribution in [3.63, 3.8) is 0 Å². The predicted molar refractivity (Wildman–Crippen MR) is 83.8 cm³/mol. The Morgan fingerprint density at radius 1 is 1.29 bits per heavy atom. The Morgan fingerprint density at radius 2 is 2.12 bits per heavy atom. The summed E-state index contributed by atoms with van der Waals surface area (Å²) in [5.41, 5.74) is 3.98. The van der Waals surface area contributed by atoms with E-state index in [1.165, 1.54) is 6.07 Å². The lowest BCUT2D eigenvalue weighted by molar-refractivity contribution is -0.0516. The van der Waals surface area contributed by atoms with Crippen LogP contribution in [0.15, 0.2) is 24.3 Å². The van der Waals surface area contributed by atoms with Gasteiger partial charge < -0.3 is 14.2 Å². The average Bonchev–Trinajstić information content (AvgIpc) is 3.16. The highest BCUT2D eigenvalue weighted by Gasteiger charge is 2.39. The molecule has 1 unspecified atom stereocenters. The number of nitrogens with one attached hydrogen (secondary N) is 1. The highest BCUT2D eigenvalue weighted by Crippen LogP contribution is 2.36. The van der Waals surface area contributed by atoms with Crippen LogP contribution in [0.3, 0.4) is 0 Å². The van der Waals surface area contributed by atoms with Crippen molar-refractivity contribution >= 4 is 5.70 Å². The standard InChI is InChI=1S/C17H21F2NO4/c1-11(2)9-22-15-7-12(3-4-14(15)23-16(18)19)13-8-17(24-20-13)5-6-21-10-17/h3-4,7-8,11,16,20H,5-6,9-10H2,1-2H3. The van der Waals surface area contributed by atoms with Crippen molar-refractivity contribution in [2.45, 2.75) is 32.5 Å². The molecule has 0 aromatic heterocycles. The van der Waals surface area contributed by atoms with E-state index >= 15 is 0 Å². The smallest absolute Gasteiger partial charge is 0.387 e. The molecule has 132 valence electrons. The van der Waals surface area contributed by atoms with Gasteiger partial charge in [-0.25, -0.2) is 0 Å². The highest BCUT2D eigenvalue weighted by molar-refractivity contribution is 5.68. The first kappa shape index (κ1) is 17.0. The Bertz CT molecular complexity index is 613. The van der Waals surface area contributed by atoms with E-state index in [9.17, 15) is 8.78 Å². The summed E-state index contributed by atoms with van der Waals surface area (Å²) in [7, 11) is 0. The Morgan fingerprint density at radius 3 is 2.79 bits per heavy atom. The molecule has 1 fully saturated rings. The van der Waals surface area contributed by atoms with Crippen LogP contribution in [0.5, 0.6) is 11.5 Å². The van der Waals surface area contributed by atoms with Crippen LogP contribution in [0.1, 0.15) is 25.8 Å². The third-order valence-corrected chi connectivity index (χ3v) is 3.83. The number of hydrogen-bond donors (Lipinski definition) is 1. The maximum absolute atomic E-state index is 12.6. The monoisotopic (exact) mass is 341 g/mol. The summed E-state index contributed by atoms with van der Waals surface area (Å²) in [6.07, 6.45) is 2.74. The number of benzene rings is 1. The lowest BCUT2D eigenvalue weighted by Crippen LogP contribution is -2.29. The first-order valence-corrected chi connectivity index (χ1v) is 7.94. The molecule has 2 heterocycles. The number of rotatable bonds is 6. The van der Waals surface area contributed by atoms with Crippen LogP contribution in [-0.2, 0) is 9.57 Å². The molecule has 1 atom stereocenters. The molecule has 0 bridgehead atoms. The lowest BCUT2D eigenvalue weighted by atomic mass is 10.0. The topological polar surface area (TPSA) is 49.0 Å². The summed E-state index contributed by atoms with van der Waals surface area (Å²) in [4.78, 5) is 5.64. The van der Waals surface area contributed by atoms with Crippen molar-refractivity contribution in [2.24, 2.45) is 5.92 Å². The minimum atomic E-state index is -2.90. The second kappa shape index (κ2) is 6.94. The molecule has 2 aliphatic heterocycles. The van der Waals surface area contributed by atoms with Gasteiger partial charge in [-0.2, -0.15) is 8.78 Å². The van der Waals surface area contributed by atoms with Crippen molar-refractivity contribution in [1.29, 1.82) is 0 Å². The first-order valence-electron chi connectivity index (χ1n) is 7.94. The molecule has 24 heavy (non-hydrogen) atoms. The summed E-state index contributed by atoms with van der Waals surface area (Å²) in [6, 6.07) is 4.85. The van der Waals surface area contributed by atoms with Gasteiger partial charge in [0, 0.05) is 18.6 Å². The molecule has 0 saturated carbocycles. The molecule has 0 amide bonds. The van der Waals surface area contributed by atoms with E-state index in [2.05, 4.69) is 10.2 Å². The van der Waals surface area contributed by atoms with E-state index in [1.807, 2.05) is 19.9 Å². The van der Waals surface area contributed by atoms with Gasteiger partial charge in [-0.3, -0.25) is 10.3 Å². The quantitative estimate of drug-likeness (QED) is 0.860. The number of hydroxylamine groups is 1. The van der Waals surface area contributed by atoms with Crippen LogP contribution >= 0.6 is 0 Å². The van der Waals surface area contributed by atoms with Crippen molar-refractivity contribution in [3.8, 4) is 11.5 Å². The van der Waals surface area contributed by atoms with E-state index in [1.54, 1.807) is 12.1 Å². The van der Waals surface area contributed by atoms with E-state index in [0.29, 0.717) is 19.8 Å². The van der Waals surface area contributed by atoms with Crippen LogP contribution < -0.4 is 15.0 Å². The fraction of sp³-hybridized carbons (Fsp3) is 0.529. The van der Waals surface area contributed by atoms with E-state index < -0.39 is 12.2 Å². The van der Waals surface area contributed by atoms with E-state index in [4.69, 9.17) is 14.3 Å². The van der Waals surface area contributed by atoms with E-state index in [-0.39, 0.29) is 17.4 Å². The minimum absolute atomic E-state index is 0.0211. The van der Waals surface area contributed by atoms with Crippen LogP contribution in [0.25, 0.3) is 5.70 Å². The molecular weight excluding hydrogens is 320 g/mol. The second-order valence-corrected chi connectivity index (χ2v) is 6.37. The van der Waals surface area contributed by atoms with Crippen LogP contribution in [-0.4, -0.2) is 32.0 Å². The molecule has 0 aliphatic carbocycles. The molecule has 1 aromatic carbocycles. The van der Waals surface area contributed by atoms with Crippen molar-refractivity contribution in [1.82, 2.24) is 5.48 Å². The fourth-order valence-corrected chi connectivity index (χ4v) is 2.62. The Hall–Kier alpha value is -1.86. The van der Waals surface area contributed by atoms with Gasteiger partial charge in [-0.15, -0.1) is 0 Å². The zero-order chi connectivity index (χ0) is 17.2. The van der Waals surface area contributed by atoms with Gasteiger partial charge >= 0.3 is 6.61 Å². The summed E-state index contributed by atoms with van der Waals surface area (Å²) in [5.74, 6) is 0.569. The molecule has 2 aliphatic rings. The average molecular weight is 341 g/mol. The molecular formula is C17H21F2NO4. The van der Waals surface area contributed by atoms with Crippen molar-refractivity contribution < 1.29 is 27.8 Å². The maximum atomic E-state index is 12.6. The van der Waals surface area contributed by atoms with Gasteiger partial charge in [0.05, 0.1) is 18.9 Å². The third kappa shape index (κ3) is 3.79. The lowest BCUT2D eigenvalue weighted by Gasteiger charge is -2.16. The summed E-state index contributed by atoms with van der Waals surface area (Å²) >= 11 is 0. The minimum Gasteiger partial charge on any atom is -0.489 e. The normalized spacial score (nSPS) is 23.0. The molecule has 3 rings (SSSR count). The van der Waals surface area contributed by atoms with Gasteiger partial charge in [0.25, 0.3) is 0 Å². The Balaban J connectivity index is 1.84. The fourth-order valence-electron chi connectivity index (χ4n) is 2.62. The molecule has 5 nitrogen and oxygen atoms in total. The number of hydrogen-bond acceptors (Lipinski definition) is 5. The SMILES string of the molecule is CC(C)COc1cc(C2=CC3(CCOC3)ON2)ccc1OC(F)F. The van der Waals surface area contributed by atoms with Crippen LogP contribution in [0.4, 0.5) is 8.78 Å². The van der Waals surface area contributed by atoms with Gasteiger partial charge in [0.15, 0.2) is 11.5 Å². The second-order valence-electron chi connectivity index (χ2n) is 6.37. The molecule has 0 radical (unpaired) electrons. The van der Waals surface area contributed by atoms with Crippen LogP contribution in [0.2, 0.25) is 0 Å². The van der Waals surface area contributed by atoms with E-state index in [0.717, 1.165) is 17.7 Å². The zero-order valence-corrected chi connectivity index (χ0v) is 13.7. The highest BCUT2D eigenvalue weighted by atomic mass is 19.3. The summed E-state index contributed by atoms with van der Waals surface area (Å²) in [5, 5.41) is 0. The maximum Gasteiger partial charge on any atom is 0.387 e. The number of ether oxygens (including phenoxy) is 3. The number of halogens is 2. The predicted octanol–water partition coefficient (Wildman–Crippen LogP) is 3.36. The summed E-state index contributed by atoms with van der Waals surface area (Å²) in [6.45, 7) is 2.61. The molecule has 1 spiro atoms. The Labute approximate surface area is 139 Å². The van der Waals surface area contributed by atoms with Gasteiger partial charge in [0.1, 0.15) is 5.60 Å². The zero-order valence-electron chi connectivity index (χ0n) is 13.7. The molecule has 1 aromatic rings. The largest absolute Gasteiger partial charge is 0.489 e. The molecule has 7 heteroatoms. The third-order valence-electron chi connectivity index (χ3n) is 3.83. The van der Waals surface area contributed by atoms with Crippen LogP contribution in [0, 0.1) is 5.92 Å². The van der Waals surface area contributed by atoms with Gasteiger partial charge in [0.2, 0.25) is 0 Å². The van der Waals surface area contributed by atoms with Gasteiger partial charge in [-0.05, 0) is 30.2 Å². The Kier molecular flexibility index (Phi) is 4.91.